The van der Waals surface area contributed by atoms with Crippen LogP contribution in [0.2, 0.25) is 5.02 Å². The van der Waals surface area contributed by atoms with E-state index in [-0.39, 0.29) is 16.4 Å². The lowest BCUT2D eigenvalue weighted by molar-refractivity contribution is -0.132. The molecule has 4 rings (SSSR count). The number of hydrogen-bond donors (Lipinski definition) is 1. The predicted molar refractivity (Wildman–Crippen MR) is 134 cm³/mol. The van der Waals surface area contributed by atoms with Crippen LogP contribution in [-0.4, -0.2) is 23.9 Å². The Morgan fingerprint density at radius 1 is 1.03 bits per heavy atom. The molecule has 1 aliphatic rings. The van der Waals surface area contributed by atoms with Crippen LogP contribution in [0.4, 0.5) is 5.69 Å². The highest BCUT2D eigenvalue weighted by molar-refractivity contribution is 6.51. The maximum Gasteiger partial charge on any atom is 0.300 e. The average molecular weight is 476 g/mol. The fraction of sp³-hybridized carbons (Fsp3) is 0.214. The topological polar surface area (TPSA) is 66.8 Å². The zero-order chi connectivity index (χ0) is 24.6. The minimum Gasteiger partial charge on any atom is -0.507 e. The summed E-state index contributed by atoms with van der Waals surface area (Å²) in [6, 6.07) is 19.1. The van der Waals surface area contributed by atoms with Gasteiger partial charge in [0.15, 0.2) is 0 Å². The molecule has 174 valence electrons. The van der Waals surface area contributed by atoms with Gasteiger partial charge in [-0.05, 0) is 54.3 Å². The van der Waals surface area contributed by atoms with Crippen LogP contribution in [0, 0.1) is 6.92 Å². The fourth-order valence-corrected chi connectivity index (χ4v) is 4.50. The third-order valence-corrected chi connectivity index (χ3v) is 6.36. The number of Topliss-reactive ketones (excluding diaryl/α,β-unsaturated/α-hetero) is 1. The number of carbonyl (C=O) groups is 2. The molecule has 0 radical (unpaired) electrons. The van der Waals surface area contributed by atoms with Gasteiger partial charge in [-0.25, -0.2) is 0 Å². The van der Waals surface area contributed by atoms with Gasteiger partial charge in [-0.3, -0.25) is 14.5 Å². The third-order valence-electron chi connectivity index (χ3n) is 6.07. The number of benzene rings is 3. The van der Waals surface area contributed by atoms with Gasteiger partial charge >= 0.3 is 0 Å². The van der Waals surface area contributed by atoms with E-state index in [4.69, 9.17) is 16.3 Å². The number of aryl methyl sites for hydroxylation is 1. The van der Waals surface area contributed by atoms with Crippen molar-refractivity contribution in [3.05, 3.63) is 99.6 Å². The predicted octanol–water partition coefficient (Wildman–Crippen LogP) is 6.41. The van der Waals surface area contributed by atoms with Gasteiger partial charge in [-0.2, -0.15) is 0 Å². The molecule has 0 bridgehead atoms. The Morgan fingerprint density at radius 3 is 2.32 bits per heavy atom. The van der Waals surface area contributed by atoms with Gasteiger partial charge in [-0.1, -0.05) is 67.4 Å². The molecule has 1 fully saturated rings. The molecule has 3 aromatic carbocycles. The van der Waals surface area contributed by atoms with Crippen LogP contribution in [0.3, 0.4) is 0 Å². The van der Waals surface area contributed by atoms with Gasteiger partial charge in [0.25, 0.3) is 11.7 Å². The van der Waals surface area contributed by atoms with Crippen molar-refractivity contribution in [3.8, 4) is 5.75 Å². The maximum atomic E-state index is 13.3. The zero-order valence-electron chi connectivity index (χ0n) is 19.5. The molecule has 5 nitrogen and oxygen atoms in total. The van der Waals surface area contributed by atoms with Crippen molar-refractivity contribution in [2.75, 3.05) is 12.0 Å². The first-order chi connectivity index (χ1) is 16.2. The Labute approximate surface area is 204 Å². The van der Waals surface area contributed by atoms with E-state index in [2.05, 4.69) is 13.8 Å². The summed E-state index contributed by atoms with van der Waals surface area (Å²) in [6.07, 6.45) is 0. The van der Waals surface area contributed by atoms with Crippen LogP contribution >= 0.6 is 11.6 Å². The van der Waals surface area contributed by atoms with Crippen LogP contribution in [0.15, 0.2) is 72.3 Å². The highest BCUT2D eigenvalue weighted by Crippen LogP contribution is 2.43. The molecular formula is C28H26ClNO4. The lowest BCUT2D eigenvalue weighted by atomic mass is 9.94. The SMILES string of the molecule is COc1ccc(/C(O)=C2/C(=O)C(=O)N(c3ccc(C(C)C)cc3)C2c2cccc(C)c2)cc1Cl. The van der Waals surface area contributed by atoms with Crippen molar-refractivity contribution in [2.24, 2.45) is 0 Å². The second-order valence-corrected chi connectivity index (χ2v) is 9.09. The number of nitrogens with zero attached hydrogens (tertiary/aromatic N) is 1. The van der Waals surface area contributed by atoms with Gasteiger partial charge in [0.2, 0.25) is 0 Å². The quantitative estimate of drug-likeness (QED) is 0.263. The number of rotatable bonds is 5. The molecule has 1 N–H and O–H groups in total. The summed E-state index contributed by atoms with van der Waals surface area (Å²) >= 11 is 6.26. The second-order valence-electron chi connectivity index (χ2n) is 8.68. The summed E-state index contributed by atoms with van der Waals surface area (Å²) in [5, 5.41) is 11.5. The molecule has 0 aromatic heterocycles. The molecule has 1 unspecified atom stereocenters. The van der Waals surface area contributed by atoms with Crippen LogP contribution in [0.25, 0.3) is 5.76 Å². The molecule has 6 heteroatoms. The fourth-order valence-electron chi connectivity index (χ4n) is 4.24. The Morgan fingerprint density at radius 2 is 1.74 bits per heavy atom. The third kappa shape index (κ3) is 4.19. The first kappa shape index (κ1) is 23.6. The number of ether oxygens (including phenoxy) is 1. The number of methoxy groups -OCH3 is 1. The van der Waals surface area contributed by atoms with Gasteiger partial charge in [0.05, 0.1) is 23.7 Å². The summed E-state index contributed by atoms with van der Waals surface area (Å²) in [5.41, 5.74) is 3.77. The lowest BCUT2D eigenvalue weighted by Gasteiger charge is -2.26. The number of ketones is 1. The summed E-state index contributed by atoms with van der Waals surface area (Å²) < 4.78 is 5.19. The number of carbonyl (C=O) groups excluding carboxylic acids is 2. The minimum atomic E-state index is -0.786. The van der Waals surface area contributed by atoms with E-state index in [1.54, 1.807) is 12.1 Å². The first-order valence-electron chi connectivity index (χ1n) is 11.0. The number of anilines is 1. The largest absolute Gasteiger partial charge is 0.507 e. The highest BCUT2D eigenvalue weighted by atomic mass is 35.5. The molecule has 0 spiro atoms. The first-order valence-corrected chi connectivity index (χ1v) is 11.4. The van der Waals surface area contributed by atoms with Gasteiger partial charge in [0.1, 0.15) is 11.5 Å². The number of hydrogen-bond acceptors (Lipinski definition) is 4. The standard InChI is InChI=1S/C28H26ClNO4/c1-16(2)18-8-11-21(12-9-18)30-25(19-7-5-6-17(3)14-19)24(27(32)28(30)33)26(31)20-10-13-23(34-4)22(29)15-20/h5-16,25,31H,1-4H3/b26-24-. The van der Waals surface area contributed by atoms with Gasteiger partial charge in [0, 0.05) is 11.3 Å². The number of aliphatic hydroxyl groups is 1. The van der Waals surface area contributed by atoms with E-state index >= 15 is 0 Å². The van der Waals surface area contributed by atoms with Crippen LogP contribution in [-0.2, 0) is 9.59 Å². The number of halogens is 1. The minimum absolute atomic E-state index is 0.0183. The number of amides is 1. The molecule has 1 atom stereocenters. The Balaban J connectivity index is 1.91. The Hall–Kier alpha value is -3.57. The van der Waals surface area contributed by atoms with Crippen molar-refractivity contribution in [1.29, 1.82) is 0 Å². The van der Waals surface area contributed by atoms with Crippen LogP contribution in [0.1, 0.15) is 48.1 Å². The van der Waals surface area contributed by atoms with E-state index < -0.39 is 17.7 Å². The molecule has 1 amide bonds. The average Bonchev–Trinajstić information content (AvgIpc) is 3.09. The second kappa shape index (κ2) is 9.35. The van der Waals surface area contributed by atoms with Gasteiger partial charge < -0.3 is 9.84 Å². The summed E-state index contributed by atoms with van der Waals surface area (Å²) in [6.45, 7) is 6.12. The Kier molecular flexibility index (Phi) is 6.49. The highest BCUT2D eigenvalue weighted by Gasteiger charge is 2.47. The smallest absolute Gasteiger partial charge is 0.300 e. The van der Waals surface area contributed by atoms with E-state index in [9.17, 15) is 14.7 Å². The van der Waals surface area contributed by atoms with Crippen molar-refractivity contribution >= 4 is 34.7 Å². The van der Waals surface area contributed by atoms with Gasteiger partial charge in [-0.15, -0.1) is 0 Å². The number of aliphatic hydroxyl groups excluding tert-OH is 1. The van der Waals surface area contributed by atoms with Crippen molar-refractivity contribution in [1.82, 2.24) is 0 Å². The van der Waals surface area contributed by atoms with E-state index in [1.807, 2.05) is 55.5 Å². The zero-order valence-corrected chi connectivity index (χ0v) is 20.3. The van der Waals surface area contributed by atoms with E-state index in [0.29, 0.717) is 22.9 Å². The summed E-state index contributed by atoms with van der Waals surface area (Å²) in [5.74, 6) is -0.944. The summed E-state index contributed by atoms with van der Waals surface area (Å²) in [7, 11) is 1.49. The van der Waals surface area contributed by atoms with E-state index in [1.165, 1.54) is 18.1 Å². The molecule has 1 saturated heterocycles. The molecule has 34 heavy (non-hydrogen) atoms. The summed E-state index contributed by atoms with van der Waals surface area (Å²) in [4.78, 5) is 28.0. The Bertz CT molecular complexity index is 1290. The monoisotopic (exact) mass is 475 g/mol. The molecule has 1 aliphatic heterocycles. The maximum absolute atomic E-state index is 13.3. The van der Waals surface area contributed by atoms with Crippen molar-refractivity contribution < 1.29 is 19.4 Å². The van der Waals surface area contributed by atoms with Crippen molar-refractivity contribution in [2.45, 2.75) is 32.7 Å². The normalized spacial score (nSPS) is 17.5. The molecule has 0 saturated carbocycles. The molecule has 0 aliphatic carbocycles. The molecule has 1 heterocycles. The van der Waals surface area contributed by atoms with Crippen molar-refractivity contribution in [3.63, 3.8) is 0 Å². The molecule has 3 aromatic rings. The lowest BCUT2D eigenvalue weighted by Crippen LogP contribution is -2.29. The molecular weight excluding hydrogens is 450 g/mol. The van der Waals surface area contributed by atoms with Crippen LogP contribution < -0.4 is 9.64 Å². The van der Waals surface area contributed by atoms with Crippen LogP contribution in [0.5, 0.6) is 5.75 Å². The van der Waals surface area contributed by atoms with E-state index in [0.717, 1.165) is 16.7 Å².